The van der Waals surface area contributed by atoms with Crippen molar-refractivity contribution in [3.63, 3.8) is 0 Å². The third kappa shape index (κ3) is 7.04. The molecule has 10 heteroatoms. The summed E-state index contributed by atoms with van der Waals surface area (Å²) < 4.78 is 32.1. The van der Waals surface area contributed by atoms with Gasteiger partial charge in [-0.05, 0) is 48.2 Å². The van der Waals surface area contributed by atoms with E-state index in [1.165, 1.54) is 23.5 Å². The standard InChI is InChI=1S/C22H25N3O5S2/c1-3-17-14-31-22(24-17)20(12-15-7-9-18(10-8-15)30-32(23,27)28)25-21(26)13-16-5-4-6-19(11-16)29-2/h4-11,14,20H,3,12-13H2,1-2H3,(H,25,26)(H2,23,27,28). The predicted octanol–water partition coefficient (Wildman–Crippen LogP) is 2.94. The number of methoxy groups -OCH3 is 1. The van der Waals surface area contributed by atoms with Gasteiger partial charge in [0, 0.05) is 5.38 Å². The molecular formula is C22H25N3O5S2. The first-order valence-electron chi connectivity index (χ1n) is 9.93. The highest BCUT2D eigenvalue weighted by Gasteiger charge is 2.19. The van der Waals surface area contributed by atoms with Crippen LogP contribution in [-0.4, -0.2) is 26.4 Å². The van der Waals surface area contributed by atoms with Crippen molar-refractivity contribution in [2.75, 3.05) is 7.11 Å². The predicted molar refractivity (Wildman–Crippen MR) is 123 cm³/mol. The highest BCUT2D eigenvalue weighted by Crippen LogP contribution is 2.24. The van der Waals surface area contributed by atoms with Crippen LogP contribution in [0.25, 0.3) is 0 Å². The number of nitrogens with zero attached hydrogens (tertiary/aromatic N) is 1. The van der Waals surface area contributed by atoms with Crippen molar-refractivity contribution in [1.82, 2.24) is 10.3 Å². The maximum Gasteiger partial charge on any atom is 0.380 e. The smallest absolute Gasteiger partial charge is 0.380 e. The van der Waals surface area contributed by atoms with Crippen LogP contribution in [0, 0.1) is 0 Å². The average Bonchev–Trinajstić information content (AvgIpc) is 3.23. The normalized spacial score (nSPS) is 12.2. The molecule has 0 aliphatic heterocycles. The van der Waals surface area contributed by atoms with Gasteiger partial charge in [-0.15, -0.1) is 11.3 Å². The van der Waals surface area contributed by atoms with Gasteiger partial charge in [0.25, 0.3) is 0 Å². The Labute approximate surface area is 191 Å². The number of amides is 1. The molecule has 0 saturated carbocycles. The summed E-state index contributed by atoms with van der Waals surface area (Å²) in [5.41, 5.74) is 2.69. The van der Waals surface area contributed by atoms with E-state index in [9.17, 15) is 13.2 Å². The first-order valence-corrected chi connectivity index (χ1v) is 12.3. The summed E-state index contributed by atoms with van der Waals surface area (Å²) >= 11 is 1.50. The van der Waals surface area contributed by atoms with Crippen LogP contribution in [0.2, 0.25) is 0 Å². The lowest BCUT2D eigenvalue weighted by atomic mass is 10.1. The van der Waals surface area contributed by atoms with E-state index in [0.29, 0.717) is 12.2 Å². The highest BCUT2D eigenvalue weighted by atomic mass is 32.2. The molecule has 0 bridgehead atoms. The molecule has 3 rings (SSSR count). The molecule has 8 nitrogen and oxygen atoms in total. The Bertz CT molecular complexity index is 1160. The molecule has 1 atom stereocenters. The van der Waals surface area contributed by atoms with Crippen LogP contribution < -0.4 is 19.4 Å². The summed E-state index contributed by atoms with van der Waals surface area (Å²) in [7, 11) is -2.50. The summed E-state index contributed by atoms with van der Waals surface area (Å²) in [5, 5.41) is 10.8. The monoisotopic (exact) mass is 475 g/mol. The number of thiazole rings is 1. The van der Waals surface area contributed by atoms with Gasteiger partial charge in [-0.3, -0.25) is 4.79 Å². The average molecular weight is 476 g/mol. The molecule has 1 aromatic heterocycles. The van der Waals surface area contributed by atoms with Gasteiger partial charge in [0.2, 0.25) is 5.91 Å². The van der Waals surface area contributed by atoms with E-state index in [2.05, 4.69) is 14.5 Å². The molecule has 3 N–H and O–H groups in total. The summed E-state index contributed by atoms with van der Waals surface area (Å²) in [4.78, 5) is 17.4. The molecule has 0 radical (unpaired) electrons. The van der Waals surface area contributed by atoms with Gasteiger partial charge in [-0.1, -0.05) is 31.2 Å². The summed E-state index contributed by atoms with van der Waals surface area (Å²) in [6.45, 7) is 2.03. The quantitative estimate of drug-likeness (QED) is 0.465. The Morgan fingerprint density at radius 1 is 1.16 bits per heavy atom. The number of carbonyl (C=O) groups is 1. The molecule has 170 valence electrons. The molecule has 1 amide bonds. The second-order valence-electron chi connectivity index (χ2n) is 7.10. The molecule has 0 aliphatic carbocycles. The maximum absolute atomic E-state index is 12.8. The lowest BCUT2D eigenvalue weighted by Gasteiger charge is -2.17. The van der Waals surface area contributed by atoms with Gasteiger partial charge in [-0.2, -0.15) is 13.6 Å². The first-order chi connectivity index (χ1) is 15.3. The van der Waals surface area contributed by atoms with Crippen molar-refractivity contribution in [2.24, 2.45) is 5.14 Å². The number of aromatic nitrogens is 1. The largest absolute Gasteiger partial charge is 0.497 e. The van der Waals surface area contributed by atoms with E-state index in [0.717, 1.165) is 28.2 Å². The number of carbonyl (C=O) groups excluding carboxylic acids is 1. The van der Waals surface area contributed by atoms with E-state index in [1.54, 1.807) is 19.2 Å². The second-order valence-corrected chi connectivity index (χ2v) is 9.15. The number of ether oxygens (including phenoxy) is 1. The number of hydrogen-bond donors (Lipinski definition) is 2. The zero-order valence-corrected chi connectivity index (χ0v) is 19.4. The minimum atomic E-state index is -4.08. The Morgan fingerprint density at radius 2 is 1.91 bits per heavy atom. The zero-order valence-electron chi connectivity index (χ0n) is 17.8. The van der Waals surface area contributed by atoms with Gasteiger partial charge in [0.1, 0.15) is 16.5 Å². The van der Waals surface area contributed by atoms with Gasteiger partial charge >= 0.3 is 10.3 Å². The van der Waals surface area contributed by atoms with Crippen molar-refractivity contribution >= 4 is 27.5 Å². The van der Waals surface area contributed by atoms with Crippen molar-refractivity contribution in [2.45, 2.75) is 32.2 Å². The number of hydrogen-bond acceptors (Lipinski definition) is 7. The SMILES string of the molecule is CCc1csc(C(Cc2ccc(OS(N)(=O)=O)cc2)NC(=O)Cc2cccc(OC)c2)n1. The fourth-order valence-corrected chi connectivity index (χ4v) is 4.44. The van der Waals surface area contributed by atoms with Gasteiger partial charge in [0.05, 0.1) is 25.3 Å². The Balaban J connectivity index is 1.75. The number of rotatable bonds is 10. The molecule has 1 heterocycles. The molecule has 0 fully saturated rings. The van der Waals surface area contributed by atoms with Crippen LogP contribution in [0.1, 0.15) is 34.8 Å². The van der Waals surface area contributed by atoms with Crippen LogP contribution in [0.5, 0.6) is 11.5 Å². The van der Waals surface area contributed by atoms with E-state index >= 15 is 0 Å². The molecular weight excluding hydrogens is 450 g/mol. The number of benzene rings is 2. The fraction of sp³-hybridized carbons (Fsp3) is 0.273. The van der Waals surface area contributed by atoms with Crippen molar-refractivity contribution < 1.29 is 22.1 Å². The second kappa shape index (κ2) is 10.6. The van der Waals surface area contributed by atoms with Crippen molar-refractivity contribution in [3.8, 4) is 11.5 Å². The van der Waals surface area contributed by atoms with Crippen LogP contribution in [0.15, 0.2) is 53.9 Å². The van der Waals surface area contributed by atoms with E-state index in [-0.39, 0.29) is 24.1 Å². The number of nitrogens with one attached hydrogen (secondary N) is 1. The molecule has 2 aromatic carbocycles. The number of nitrogens with two attached hydrogens (primary N) is 1. The van der Waals surface area contributed by atoms with Gasteiger partial charge in [-0.25, -0.2) is 4.98 Å². The molecule has 3 aromatic rings. The highest BCUT2D eigenvalue weighted by molar-refractivity contribution is 7.84. The molecule has 0 saturated heterocycles. The van der Waals surface area contributed by atoms with E-state index in [4.69, 9.17) is 9.88 Å². The van der Waals surface area contributed by atoms with Gasteiger partial charge in [0.15, 0.2) is 0 Å². The Kier molecular flexibility index (Phi) is 7.84. The zero-order chi connectivity index (χ0) is 23.1. The third-order valence-corrected chi connectivity index (χ3v) is 6.07. The summed E-state index contributed by atoms with van der Waals surface area (Å²) in [6.07, 6.45) is 1.50. The topological polar surface area (TPSA) is 121 Å². The van der Waals surface area contributed by atoms with Gasteiger partial charge < -0.3 is 14.2 Å². The molecule has 1 unspecified atom stereocenters. The third-order valence-electron chi connectivity index (χ3n) is 4.64. The summed E-state index contributed by atoms with van der Waals surface area (Å²) in [5.74, 6) is 0.684. The fourth-order valence-electron chi connectivity index (χ4n) is 3.11. The minimum Gasteiger partial charge on any atom is -0.497 e. The first kappa shape index (κ1) is 23.7. The Hall–Kier alpha value is -2.95. The Morgan fingerprint density at radius 3 is 2.53 bits per heavy atom. The van der Waals surface area contributed by atoms with Crippen LogP contribution >= 0.6 is 11.3 Å². The lowest BCUT2D eigenvalue weighted by molar-refractivity contribution is -0.121. The lowest BCUT2D eigenvalue weighted by Crippen LogP contribution is -2.31. The molecule has 0 aliphatic rings. The number of aryl methyl sites for hydroxylation is 1. The van der Waals surface area contributed by atoms with Crippen LogP contribution in [-0.2, 0) is 34.4 Å². The molecule has 0 spiro atoms. The molecule has 32 heavy (non-hydrogen) atoms. The summed E-state index contributed by atoms with van der Waals surface area (Å²) in [6, 6.07) is 13.6. The van der Waals surface area contributed by atoms with Crippen LogP contribution in [0.3, 0.4) is 0 Å². The van der Waals surface area contributed by atoms with Crippen molar-refractivity contribution in [1.29, 1.82) is 0 Å². The van der Waals surface area contributed by atoms with Crippen molar-refractivity contribution in [3.05, 3.63) is 75.7 Å². The van der Waals surface area contributed by atoms with Crippen LogP contribution in [0.4, 0.5) is 0 Å². The minimum absolute atomic E-state index is 0.123. The van der Waals surface area contributed by atoms with E-state index < -0.39 is 10.3 Å². The van der Waals surface area contributed by atoms with E-state index in [1.807, 2.05) is 36.6 Å². The maximum atomic E-state index is 12.8.